The van der Waals surface area contributed by atoms with E-state index in [1.54, 1.807) is 19.1 Å². The van der Waals surface area contributed by atoms with Gasteiger partial charge in [-0.3, -0.25) is 9.69 Å². The molecule has 108 valence electrons. The molecule has 1 atom stereocenters. The van der Waals surface area contributed by atoms with Crippen LogP contribution < -0.4 is 5.32 Å². The van der Waals surface area contributed by atoms with E-state index in [4.69, 9.17) is 0 Å². The van der Waals surface area contributed by atoms with Crippen LogP contribution in [0, 0.1) is 5.82 Å². The van der Waals surface area contributed by atoms with Gasteiger partial charge in [0, 0.05) is 0 Å². The summed E-state index contributed by atoms with van der Waals surface area (Å²) in [5.41, 5.74) is 0.443. The molecule has 1 aliphatic rings. The first-order valence-corrected chi connectivity index (χ1v) is 7.36. The van der Waals surface area contributed by atoms with Crippen molar-refractivity contribution in [2.24, 2.45) is 0 Å². The zero-order valence-electron chi connectivity index (χ0n) is 11.3. The molecule has 1 aromatic heterocycles. The minimum Gasteiger partial charge on any atom is -0.319 e. The fourth-order valence-corrected chi connectivity index (χ4v) is 3.12. The van der Waals surface area contributed by atoms with Crippen molar-refractivity contribution in [3.8, 4) is 0 Å². The van der Waals surface area contributed by atoms with E-state index in [0.717, 1.165) is 10.5 Å². The summed E-state index contributed by atoms with van der Waals surface area (Å²) >= 11 is 1.47. The summed E-state index contributed by atoms with van der Waals surface area (Å²) in [4.78, 5) is 25.8. The lowest BCUT2D eigenvalue weighted by Crippen LogP contribution is -2.40. The topological polar surface area (TPSA) is 49.4 Å². The molecule has 3 rings (SSSR count). The van der Waals surface area contributed by atoms with Crippen LogP contribution >= 0.6 is 11.3 Å². The molecule has 0 radical (unpaired) electrons. The molecule has 1 aliphatic heterocycles. The van der Waals surface area contributed by atoms with Crippen LogP contribution in [-0.4, -0.2) is 16.8 Å². The van der Waals surface area contributed by atoms with Crippen molar-refractivity contribution in [1.82, 2.24) is 10.2 Å². The maximum Gasteiger partial charge on any atom is 0.325 e. The molecule has 1 aromatic carbocycles. The Kier molecular flexibility index (Phi) is 3.25. The first kappa shape index (κ1) is 13.8. The molecule has 1 unspecified atom stereocenters. The minimum atomic E-state index is -1.03. The van der Waals surface area contributed by atoms with Crippen LogP contribution in [-0.2, 0) is 16.9 Å². The fourth-order valence-electron chi connectivity index (χ4n) is 2.36. The van der Waals surface area contributed by atoms with Gasteiger partial charge in [-0.1, -0.05) is 12.1 Å². The van der Waals surface area contributed by atoms with Crippen molar-refractivity contribution < 1.29 is 14.0 Å². The third-order valence-electron chi connectivity index (χ3n) is 3.63. The highest BCUT2D eigenvalue weighted by atomic mass is 32.1. The molecular weight excluding hydrogens is 291 g/mol. The largest absolute Gasteiger partial charge is 0.325 e. The number of hydrogen-bond donors (Lipinski definition) is 1. The van der Waals surface area contributed by atoms with E-state index in [1.807, 2.05) is 16.8 Å². The maximum atomic E-state index is 12.9. The van der Waals surface area contributed by atoms with Crippen LogP contribution in [0.1, 0.15) is 18.1 Å². The molecule has 3 amide bonds. The monoisotopic (exact) mass is 304 g/mol. The minimum absolute atomic E-state index is 0.130. The van der Waals surface area contributed by atoms with Crippen LogP contribution in [0.15, 0.2) is 41.1 Å². The summed E-state index contributed by atoms with van der Waals surface area (Å²) in [5.74, 6) is -0.644. The number of carbonyl (C=O) groups is 2. The Hall–Kier alpha value is -2.21. The summed E-state index contributed by atoms with van der Waals surface area (Å²) in [6.07, 6.45) is 0. The molecule has 6 heteroatoms. The van der Waals surface area contributed by atoms with Crippen LogP contribution in [0.4, 0.5) is 9.18 Å². The first-order chi connectivity index (χ1) is 10.0. The normalized spacial score (nSPS) is 21.7. The van der Waals surface area contributed by atoms with Gasteiger partial charge in [0.2, 0.25) is 0 Å². The highest BCUT2D eigenvalue weighted by Crippen LogP contribution is 2.31. The van der Waals surface area contributed by atoms with E-state index in [2.05, 4.69) is 5.32 Å². The number of urea groups is 1. The van der Waals surface area contributed by atoms with Gasteiger partial charge < -0.3 is 5.32 Å². The van der Waals surface area contributed by atoms with Crippen LogP contribution in [0.2, 0.25) is 0 Å². The number of nitrogens with one attached hydrogen (secondary N) is 1. The quantitative estimate of drug-likeness (QED) is 0.887. The van der Waals surface area contributed by atoms with E-state index in [1.165, 1.54) is 23.5 Å². The lowest BCUT2D eigenvalue weighted by Gasteiger charge is -2.20. The summed E-state index contributed by atoms with van der Waals surface area (Å²) in [5, 5.41) is 6.44. The molecule has 21 heavy (non-hydrogen) atoms. The Morgan fingerprint density at radius 1 is 1.24 bits per heavy atom. The molecule has 4 nitrogen and oxygen atoms in total. The van der Waals surface area contributed by atoms with Gasteiger partial charge in [-0.2, -0.15) is 11.3 Å². The van der Waals surface area contributed by atoms with Crippen molar-refractivity contribution >= 4 is 23.3 Å². The smallest absolute Gasteiger partial charge is 0.319 e. The molecule has 2 aromatic rings. The summed E-state index contributed by atoms with van der Waals surface area (Å²) in [7, 11) is 0. The van der Waals surface area contributed by atoms with E-state index < -0.39 is 11.6 Å². The van der Waals surface area contributed by atoms with Crippen LogP contribution in [0.25, 0.3) is 0 Å². The molecular formula is C15H13FN2O2S. The zero-order chi connectivity index (χ0) is 15.0. The maximum absolute atomic E-state index is 12.9. The number of nitrogens with zero attached hydrogens (tertiary/aromatic N) is 1. The van der Waals surface area contributed by atoms with Crippen molar-refractivity contribution in [2.45, 2.75) is 19.0 Å². The third kappa shape index (κ3) is 2.31. The van der Waals surface area contributed by atoms with Gasteiger partial charge in [0.1, 0.15) is 11.4 Å². The molecule has 0 bridgehead atoms. The Labute approximate surface area is 125 Å². The molecule has 1 saturated heterocycles. The first-order valence-electron chi connectivity index (χ1n) is 6.42. The summed E-state index contributed by atoms with van der Waals surface area (Å²) in [6, 6.07) is 7.15. The Bertz CT molecular complexity index is 684. The number of rotatable bonds is 3. The average molecular weight is 304 g/mol. The van der Waals surface area contributed by atoms with Crippen molar-refractivity contribution in [3.05, 3.63) is 58.0 Å². The van der Waals surface area contributed by atoms with Gasteiger partial charge in [-0.05, 0) is 47.0 Å². The lowest BCUT2D eigenvalue weighted by atomic mass is 9.95. The van der Waals surface area contributed by atoms with Gasteiger partial charge in [0.05, 0.1) is 6.54 Å². The van der Waals surface area contributed by atoms with Gasteiger partial charge in [-0.15, -0.1) is 0 Å². The number of amides is 3. The van der Waals surface area contributed by atoms with Crippen LogP contribution in [0.5, 0.6) is 0 Å². The van der Waals surface area contributed by atoms with E-state index >= 15 is 0 Å². The summed E-state index contributed by atoms with van der Waals surface area (Å²) < 4.78 is 12.9. The number of hydrogen-bond acceptors (Lipinski definition) is 3. The predicted octanol–water partition coefficient (Wildman–Crippen LogP) is 2.85. The van der Waals surface area contributed by atoms with E-state index in [9.17, 15) is 14.0 Å². The number of halogens is 1. The Morgan fingerprint density at radius 2 is 1.95 bits per heavy atom. The molecule has 0 aliphatic carbocycles. The standard InChI is InChI=1S/C15H13FN2O2S/c1-15(11-6-7-21-9-11)13(19)18(14(20)17-15)8-10-2-4-12(16)5-3-10/h2-7,9H,8H2,1H3,(H,17,20). The second kappa shape index (κ2) is 4.96. The number of imide groups is 1. The van der Waals surface area contributed by atoms with Crippen LogP contribution in [0.3, 0.4) is 0 Å². The predicted molar refractivity (Wildman–Crippen MR) is 77.2 cm³/mol. The lowest BCUT2D eigenvalue weighted by molar-refractivity contribution is -0.131. The molecule has 1 N–H and O–H groups in total. The number of benzene rings is 1. The van der Waals surface area contributed by atoms with Crippen molar-refractivity contribution in [3.63, 3.8) is 0 Å². The second-order valence-corrected chi connectivity index (χ2v) is 5.86. The highest BCUT2D eigenvalue weighted by Gasteiger charge is 2.49. The van der Waals surface area contributed by atoms with Gasteiger partial charge in [0.25, 0.3) is 5.91 Å². The van der Waals surface area contributed by atoms with Gasteiger partial charge in [-0.25, -0.2) is 9.18 Å². The summed E-state index contributed by atoms with van der Waals surface area (Å²) in [6.45, 7) is 1.82. The number of carbonyl (C=O) groups excluding carboxylic acids is 2. The Morgan fingerprint density at radius 3 is 2.57 bits per heavy atom. The zero-order valence-corrected chi connectivity index (χ0v) is 12.1. The average Bonchev–Trinajstić information content (AvgIpc) is 3.06. The fraction of sp³-hybridized carbons (Fsp3) is 0.200. The second-order valence-electron chi connectivity index (χ2n) is 5.08. The van der Waals surface area contributed by atoms with Crippen molar-refractivity contribution in [2.75, 3.05) is 0 Å². The third-order valence-corrected chi connectivity index (χ3v) is 4.31. The Balaban J connectivity index is 1.86. The van der Waals surface area contributed by atoms with Crippen molar-refractivity contribution in [1.29, 1.82) is 0 Å². The molecule has 0 saturated carbocycles. The number of thiophene rings is 1. The van der Waals surface area contributed by atoms with Gasteiger partial charge in [0.15, 0.2) is 0 Å². The molecule has 0 spiro atoms. The highest BCUT2D eigenvalue weighted by molar-refractivity contribution is 7.08. The molecule has 1 fully saturated rings. The SMILES string of the molecule is CC1(c2ccsc2)NC(=O)N(Cc2ccc(F)cc2)C1=O. The van der Waals surface area contributed by atoms with Gasteiger partial charge >= 0.3 is 6.03 Å². The molecule has 2 heterocycles. The van der Waals surface area contributed by atoms with E-state index in [0.29, 0.717) is 5.56 Å². The van der Waals surface area contributed by atoms with E-state index in [-0.39, 0.29) is 18.3 Å².